The lowest BCUT2D eigenvalue weighted by molar-refractivity contribution is -0.121. The molecule has 0 aliphatic carbocycles. The van der Waals surface area contributed by atoms with Crippen molar-refractivity contribution in [2.45, 2.75) is 32.4 Å². The molecule has 6 heteroatoms. The smallest absolute Gasteiger partial charge is 0.272 e. The number of aryl methyl sites for hydroxylation is 3. The predicted octanol–water partition coefficient (Wildman–Crippen LogP) is 4.03. The predicted molar refractivity (Wildman–Crippen MR) is 123 cm³/mol. The molecular weight excluding hydrogens is 405 g/mol. The van der Waals surface area contributed by atoms with Crippen molar-refractivity contribution in [1.29, 1.82) is 0 Å². The third-order valence-corrected chi connectivity index (χ3v) is 5.41. The first-order valence-corrected chi connectivity index (χ1v) is 10.6. The fourth-order valence-electron chi connectivity index (χ4n) is 3.67. The minimum Gasteiger partial charge on any atom is -0.352 e. The van der Waals surface area contributed by atoms with Crippen LogP contribution in [0.25, 0.3) is 11.0 Å². The van der Waals surface area contributed by atoms with Gasteiger partial charge in [-0.05, 0) is 30.2 Å². The molecule has 1 N–H and O–H groups in total. The summed E-state index contributed by atoms with van der Waals surface area (Å²) in [4.78, 5) is 30.0. The van der Waals surface area contributed by atoms with Crippen LogP contribution in [0.4, 0.5) is 4.39 Å². The van der Waals surface area contributed by atoms with Gasteiger partial charge >= 0.3 is 0 Å². The number of halogens is 1. The van der Waals surface area contributed by atoms with E-state index in [2.05, 4.69) is 10.3 Å². The lowest BCUT2D eigenvalue weighted by Crippen LogP contribution is -2.29. The maximum Gasteiger partial charge on any atom is 0.272 e. The summed E-state index contributed by atoms with van der Waals surface area (Å²) in [6.45, 7) is 0.635. The molecule has 162 valence electrons. The van der Waals surface area contributed by atoms with E-state index in [-0.39, 0.29) is 36.7 Å². The number of para-hydroxylation sites is 2. The van der Waals surface area contributed by atoms with Gasteiger partial charge < -0.3 is 9.88 Å². The lowest BCUT2D eigenvalue weighted by Gasteiger charge is -2.12. The summed E-state index contributed by atoms with van der Waals surface area (Å²) in [5, 5.41) is 2.71. The maximum absolute atomic E-state index is 13.7. The summed E-state index contributed by atoms with van der Waals surface area (Å²) in [6, 6.07) is 23.8. The first-order valence-electron chi connectivity index (χ1n) is 10.6. The minimum absolute atomic E-state index is 0.105. The second-order valence-corrected chi connectivity index (χ2v) is 7.61. The van der Waals surface area contributed by atoms with Gasteiger partial charge in [0.15, 0.2) is 0 Å². The van der Waals surface area contributed by atoms with Gasteiger partial charge in [0.05, 0.1) is 11.0 Å². The van der Waals surface area contributed by atoms with Crippen molar-refractivity contribution < 1.29 is 9.18 Å². The Hall–Kier alpha value is -3.80. The molecule has 0 bridgehead atoms. The Labute approximate surface area is 185 Å². The number of amides is 1. The van der Waals surface area contributed by atoms with Crippen LogP contribution in [-0.4, -0.2) is 15.5 Å². The summed E-state index contributed by atoms with van der Waals surface area (Å²) in [5.41, 5.74) is 3.25. The Bertz CT molecular complexity index is 1290. The second kappa shape index (κ2) is 10.0. The average Bonchev–Trinajstić information content (AvgIpc) is 2.82. The van der Waals surface area contributed by atoms with Gasteiger partial charge in [-0.25, -0.2) is 9.37 Å². The molecule has 1 heterocycles. The van der Waals surface area contributed by atoms with Crippen LogP contribution in [0.3, 0.4) is 0 Å². The Morgan fingerprint density at radius 1 is 0.906 bits per heavy atom. The molecule has 1 amide bonds. The third kappa shape index (κ3) is 5.09. The number of benzene rings is 3. The van der Waals surface area contributed by atoms with Crippen LogP contribution in [0, 0.1) is 5.82 Å². The van der Waals surface area contributed by atoms with Crippen molar-refractivity contribution in [2.75, 3.05) is 0 Å². The summed E-state index contributed by atoms with van der Waals surface area (Å²) in [7, 11) is 0. The number of nitrogens with zero attached hydrogens (tertiary/aromatic N) is 2. The minimum atomic E-state index is -0.356. The number of rotatable bonds is 8. The van der Waals surface area contributed by atoms with Crippen LogP contribution in [0.2, 0.25) is 0 Å². The second-order valence-electron chi connectivity index (χ2n) is 7.61. The standard InChI is InChI=1S/C26H24FN3O2/c27-21-11-5-4-10-20(21)18-28-25(31)15-14-23-26(32)30(17-16-19-8-2-1-3-9-19)24-13-7-6-12-22(24)29-23/h1-13H,14-18H2,(H,28,31). The van der Waals surface area contributed by atoms with E-state index in [1.807, 2.05) is 54.6 Å². The Balaban J connectivity index is 1.48. The van der Waals surface area contributed by atoms with Crippen molar-refractivity contribution in [1.82, 2.24) is 14.9 Å². The average molecular weight is 429 g/mol. The highest BCUT2D eigenvalue weighted by atomic mass is 19.1. The van der Waals surface area contributed by atoms with Gasteiger partial charge in [-0.15, -0.1) is 0 Å². The fraction of sp³-hybridized carbons (Fsp3) is 0.192. The molecule has 3 aromatic carbocycles. The van der Waals surface area contributed by atoms with Gasteiger partial charge in [-0.2, -0.15) is 0 Å². The quantitative estimate of drug-likeness (QED) is 0.460. The number of carbonyl (C=O) groups is 1. The Morgan fingerprint density at radius 2 is 1.62 bits per heavy atom. The monoisotopic (exact) mass is 429 g/mol. The SMILES string of the molecule is O=C(CCc1nc2ccccc2n(CCc2ccccc2)c1=O)NCc1ccccc1F. The van der Waals surface area contributed by atoms with Gasteiger partial charge in [-0.1, -0.05) is 60.7 Å². The highest BCUT2D eigenvalue weighted by molar-refractivity contribution is 5.77. The van der Waals surface area contributed by atoms with Crippen molar-refractivity contribution >= 4 is 16.9 Å². The number of aromatic nitrogens is 2. The molecule has 0 atom stereocenters. The number of carbonyl (C=O) groups excluding carboxylic acids is 1. The summed E-state index contributed by atoms with van der Waals surface area (Å²) in [6.07, 6.45) is 1.04. The van der Waals surface area contributed by atoms with Gasteiger partial charge in [0.1, 0.15) is 11.5 Å². The van der Waals surface area contributed by atoms with Crippen LogP contribution in [0.15, 0.2) is 83.7 Å². The molecule has 0 aliphatic rings. The summed E-state index contributed by atoms with van der Waals surface area (Å²) >= 11 is 0. The van der Waals surface area contributed by atoms with Crippen molar-refractivity contribution in [3.8, 4) is 0 Å². The van der Waals surface area contributed by atoms with E-state index in [0.29, 0.717) is 17.8 Å². The number of hydrogen-bond donors (Lipinski definition) is 1. The highest BCUT2D eigenvalue weighted by Crippen LogP contribution is 2.12. The Morgan fingerprint density at radius 3 is 2.44 bits per heavy atom. The first kappa shape index (κ1) is 21.4. The van der Waals surface area contributed by atoms with Gasteiger partial charge in [-0.3, -0.25) is 9.59 Å². The maximum atomic E-state index is 13.7. The summed E-state index contributed by atoms with van der Waals surface area (Å²) in [5.74, 6) is -0.608. The zero-order chi connectivity index (χ0) is 22.3. The van der Waals surface area contributed by atoms with E-state index in [4.69, 9.17) is 0 Å². The van der Waals surface area contributed by atoms with E-state index in [9.17, 15) is 14.0 Å². The molecule has 0 saturated heterocycles. The number of fused-ring (bicyclic) bond motifs is 1. The van der Waals surface area contributed by atoms with Crippen LogP contribution in [-0.2, 0) is 30.7 Å². The van der Waals surface area contributed by atoms with Gasteiger partial charge in [0, 0.05) is 31.5 Å². The molecule has 0 unspecified atom stereocenters. The molecule has 0 radical (unpaired) electrons. The molecule has 0 fully saturated rings. The topological polar surface area (TPSA) is 64.0 Å². The van der Waals surface area contributed by atoms with Crippen LogP contribution in [0.1, 0.15) is 23.2 Å². The number of hydrogen-bond acceptors (Lipinski definition) is 3. The van der Waals surface area contributed by atoms with Crippen LogP contribution in [0.5, 0.6) is 0 Å². The van der Waals surface area contributed by atoms with E-state index < -0.39 is 0 Å². The third-order valence-electron chi connectivity index (χ3n) is 5.41. The molecule has 0 aliphatic heterocycles. The molecule has 32 heavy (non-hydrogen) atoms. The van der Waals surface area contributed by atoms with Crippen molar-refractivity contribution in [3.63, 3.8) is 0 Å². The van der Waals surface area contributed by atoms with E-state index in [0.717, 1.165) is 23.0 Å². The van der Waals surface area contributed by atoms with Crippen LogP contribution < -0.4 is 10.9 Å². The normalized spacial score (nSPS) is 10.9. The number of nitrogens with one attached hydrogen (secondary N) is 1. The zero-order valence-corrected chi connectivity index (χ0v) is 17.6. The molecule has 1 aromatic heterocycles. The van der Waals surface area contributed by atoms with Crippen molar-refractivity contribution in [3.05, 3.63) is 112 Å². The Kier molecular flexibility index (Phi) is 6.70. The van der Waals surface area contributed by atoms with Gasteiger partial charge in [0.2, 0.25) is 5.91 Å². The van der Waals surface area contributed by atoms with E-state index >= 15 is 0 Å². The zero-order valence-electron chi connectivity index (χ0n) is 17.6. The van der Waals surface area contributed by atoms with Gasteiger partial charge in [0.25, 0.3) is 5.56 Å². The van der Waals surface area contributed by atoms with E-state index in [1.165, 1.54) is 6.07 Å². The summed E-state index contributed by atoms with van der Waals surface area (Å²) < 4.78 is 15.5. The molecule has 0 spiro atoms. The molecule has 5 nitrogen and oxygen atoms in total. The molecule has 0 saturated carbocycles. The highest BCUT2D eigenvalue weighted by Gasteiger charge is 2.13. The fourth-order valence-corrected chi connectivity index (χ4v) is 3.67. The van der Waals surface area contributed by atoms with Crippen LogP contribution >= 0.6 is 0 Å². The van der Waals surface area contributed by atoms with Crippen molar-refractivity contribution in [2.24, 2.45) is 0 Å². The first-order chi connectivity index (χ1) is 15.6. The lowest BCUT2D eigenvalue weighted by atomic mass is 10.1. The van der Waals surface area contributed by atoms with E-state index in [1.54, 1.807) is 22.8 Å². The molecular formula is C26H24FN3O2. The molecule has 4 rings (SSSR count). The molecule has 4 aromatic rings. The largest absolute Gasteiger partial charge is 0.352 e.